The highest BCUT2D eigenvalue weighted by Gasteiger charge is 2.25. The summed E-state index contributed by atoms with van der Waals surface area (Å²) in [5.74, 6) is 0.0370. The number of benzene rings is 1. The zero-order chi connectivity index (χ0) is 19.2. The molecule has 1 aliphatic heterocycles. The van der Waals surface area contributed by atoms with Gasteiger partial charge in [-0.2, -0.15) is 4.31 Å². The molecule has 0 spiro atoms. The molecule has 1 saturated heterocycles. The van der Waals surface area contributed by atoms with Gasteiger partial charge in [-0.1, -0.05) is 38.3 Å². The monoisotopic (exact) mass is 401 g/mol. The van der Waals surface area contributed by atoms with Gasteiger partial charge >= 0.3 is 0 Å². The molecule has 0 aliphatic carbocycles. The smallest absolute Gasteiger partial charge is 0.244 e. The molecule has 8 heteroatoms. The largest absolute Gasteiger partial charge is 0.376 e. The van der Waals surface area contributed by atoms with Gasteiger partial charge < -0.3 is 10.2 Å². The van der Waals surface area contributed by atoms with Gasteiger partial charge in [0.05, 0.1) is 11.6 Å². The first-order valence-corrected chi connectivity index (χ1v) is 11.0. The van der Waals surface area contributed by atoms with E-state index < -0.39 is 10.0 Å². The van der Waals surface area contributed by atoms with Crippen LogP contribution in [0, 0.1) is 0 Å². The van der Waals surface area contributed by atoms with Crippen LogP contribution in [0.3, 0.4) is 0 Å². The first-order valence-electron chi connectivity index (χ1n) is 9.21. The third-order valence-electron chi connectivity index (χ3n) is 4.66. The molecular weight excluding hydrogens is 374 g/mol. The van der Waals surface area contributed by atoms with Crippen LogP contribution in [0.2, 0.25) is 5.02 Å². The lowest BCUT2D eigenvalue weighted by Crippen LogP contribution is -2.36. The van der Waals surface area contributed by atoms with E-state index in [1.54, 1.807) is 26.0 Å². The van der Waals surface area contributed by atoms with Crippen molar-refractivity contribution in [2.75, 3.05) is 38.0 Å². The number of sulfonamides is 1. The number of anilines is 1. The molecule has 0 atom stereocenters. The normalized spacial score (nSPS) is 15.8. The van der Waals surface area contributed by atoms with Gasteiger partial charge in [-0.3, -0.25) is 4.79 Å². The van der Waals surface area contributed by atoms with Gasteiger partial charge in [0.15, 0.2) is 0 Å². The Morgan fingerprint density at radius 1 is 1.15 bits per heavy atom. The molecule has 0 bridgehead atoms. The van der Waals surface area contributed by atoms with Crippen molar-refractivity contribution in [1.29, 1.82) is 0 Å². The maximum absolute atomic E-state index is 12.7. The standard InChI is InChI=1S/C18H28ClN3O3S/c1-3-22(4-2)26(24,25)17-13-15(9-10-16(17)19)20-14-18(23)21-11-7-5-6-8-12-21/h9-10,13,20H,3-8,11-12,14H2,1-2H3. The molecule has 146 valence electrons. The highest BCUT2D eigenvalue weighted by atomic mass is 35.5. The predicted molar refractivity (Wildman–Crippen MR) is 105 cm³/mol. The molecule has 1 aliphatic rings. The van der Waals surface area contributed by atoms with Gasteiger partial charge in [0.25, 0.3) is 0 Å². The highest BCUT2D eigenvalue weighted by molar-refractivity contribution is 7.89. The number of nitrogens with zero attached hydrogens (tertiary/aromatic N) is 2. The van der Waals surface area contributed by atoms with Crippen molar-refractivity contribution in [3.8, 4) is 0 Å². The van der Waals surface area contributed by atoms with Gasteiger partial charge in [-0.15, -0.1) is 0 Å². The van der Waals surface area contributed by atoms with Crippen molar-refractivity contribution in [2.24, 2.45) is 0 Å². The van der Waals surface area contributed by atoms with Crippen LogP contribution in [0.25, 0.3) is 0 Å². The van der Waals surface area contributed by atoms with Crippen molar-refractivity contribution in [3.05, 3.63) is 23.2 Å². The maximum Gasteiger partial charge on any atom is 0.244 e. The van der Waals surface area contributed by atoms with Crippen LogP contribution in [0.1, 0.15) is 39.5 Å². The Kier molecular flexibility index (Phi) is 7.73. The summed E-state index contributed by atoms with van der Waals surface area (Å²) in [6, 6.07) is 4.75. The first kappa shape index (κ1) is 21.0. The summed E-state index contributed by atoms with van der Waals surface area (Å²) in [5.41, 5.74) is 0.573. The summed E-state index contributed by atoms with van der Waals surface area (Å²) in [7, 11) is -3.65. The van der Waals surface area contributed by atoms with Crippen molar-refractivity contribution in [3.63, 3.8) is 0 Å². The molecule has 6 nitrogen and oxygen atoms in total. The number of rotatable bonds is 7. The van der Waals surface area contributed by atoms with Crippen LogP contribution in [0.15, 0.2) is 23.1 Å². The molecule has 1 amide bonds. The summed E-state index contributed by atoms with van der Waals surface area (Å²) in [5, 5.41) is 3.23. The Labute approximate surface area is 161 Å². The quantitative estimate of drug-likeness (QED) is 0.761. The SMILES string of the molecule is CCN(CC)S(=O)(=O)c1cc(NCC(=O)N2CCCCCC2)ccc1Cl. The number of halogens is 1. The number of carbonyl (C=O) groups excluding carboxylic acids is 1. The van der Waals surface area contributed by atoms with Gasteiger partial charge in [0, 0.05) is 31.9 Å². The van der Waals surface area contributed by atoms with E-state index in [4.69, 9.17) is 11.6 Å². The summed E-state index contributed by atoms with van der Waals surface area (Å²) in [4.78, 5) is 14.3. The van der Waals surface area contributed by atoms with E-state index in [1.807, 2.05) is 4.90 Å². The van der Waals surface area contributed by atoms with E-state index in [1.165, 1.54) is 23.2 Å². The van der Waals surface area contributed by atoms with Crippen LogP contribution in [-0.2, 0) is 14.8 Å². The minimum absolute atomic E-state index is 0.0370. The van der Waals surface area contributed by atoms with Crippen LogP contribution >= 0.6 is 11.6 Å². The molecular formula is C18H28ClN3O3S. The second kappa shape index (κ2) is 9.58. The zero-order valence-electron chi connectivity index (χ0n) is 15.5. The number of nitrogens with one attached hydrogen (secondary N) is 1. The lowest BCUT2D eigenvalue weighted by Gasteiger charge is -2.21. The van der Waals surface area contributed by atoms with E-state index in [9.17, 15) is 13.2 Å². The average molecular weight is 402 g/mol. The Morgan fingerprint density at radius 2 is 1.77 bits per heavy atom. The molecule has 0 unspecified atom stereocenters. The van der Waals surface area contributed by atoms with Crippen LogP contribution < -0.4 is 5.32 Å². The third-order valence-corrected chi connectivity index (χ3v) is 7.19. The van der Waals surface area contributed by atoms with Gasteiger partial charge in [-0.05, 0) is 31.0 Å². The Bertz CT molecular complexity index is 712. The molecule has 1 N–H and O–H groups in total. The second-order valence-corrected chi connectivity index (χ2v) is 8.70. The predicted octanol–water partition coefficient (Wildman–Crippen LogP) is 3.19. The number of carbonyl (C=O) groups is 1. The Balaban J connectivity index is 2.10. The summed E-state index contributed by atoms with van der Waals surface area (Å²) in [6.07, 6.45) is 4.42. The third kappa shape index (κ3) is 5.11. The van der Waals surface area contributed by atoms with Crippen molar-refractivity contribution >= 4 is 33.2 Å². The van der Waals surface area contributed by atoms with E-state index >= 15 is 0 Å². The van der Waals surface area contributed by atoms with Crippen LogP contribution in [0.5, 0.6) is 0 Å². The fraction of sp³-hybridized carbons (Fsp3) is 0.611. The molecule has 0 saturated carbocycles. The fourth-order valence-corrected chi connectivity index (χ4v) is 5.08. The van der Waals surface area contributed by atoms with Crippen LogP contribution in [0.4, 0.5) is 5.69 Å². The lowest BCUT2D eigenvalue weighted by atomic mass is 10.2. The summed E-state index contributed by atoms with van der Waals surface area (Å²) < 4.78 is 26.8. The number of hydrogen-bond acceptors (Lipinski definition) is 4. The summed E-state index contributed by atoms with van der Waals surface area (Å²) in [6.45, 7) is 6.06. The first-order chi connectivity index (χ1) is 12.4. The minimum Gasteiger partial charge on any atom is -0.376 e. The molecule has 1 aromatic rings. The highest BCUT2D eigenvalue weighted by Crippen LogP contribution is 2.27. The molecule has 1 aromatic carbocycles. The van der Waals surface area contributed by atoms with E-state index in [2.05, 4.69) is 5.32 Å². The Morgan fingerprint density at radius 3 is 2.35 bits per heavy atom. The number of amides is 1. The number of hydrogen-bond donors (Lipinski definition) is 1. The van der Waals surface area contributed by atoms with Crippen molar-refractivity contribution < 1.29 is 13.2 Å². The second-order valence-electron chi connectivity index (χ2n) is 6.38. The molecule has 0 radical (unpaired) electrons. The molecule has 2 rings (SSSR count). The van der Waals surface area contributed by atoms with Gasteiger partial charge in [-0.25, -0.2) is 8.42 Å². The maximum atomic E-state index is 12.7. The lowest BCUT2D eigenvalue weighted by molar-refractivity contribution is -0.129. The van der Waals surface area contributed by atoms with Crippen LogP contribution in [-0.4, -0.2) is 56.3 Å². The molecule has 1 fully saturated rings. The molecule has 1 heterocycles. The zero-order valence-corrected chi connectivity index (χ0v) is 17.1. The average Bonchev–Trinajstić information content (AvgIpc) is 2.91. The van der Waals surface area contributed by atoms with Crippen molar-refractivity contribution in [1.82, 2.24) is 9.21 Å². The number of likely N-dealkylation sites (tertiary alicyclic amines) is 1. The summed E-state index contributed by atoms with van der Waals surface area (Å²) >= 11 is 6.13. The van der Waals surface area contributed by atoms with Gasteiger partial charge in [0.2, 0.25) is 15.9 Å². The molecule has 0 aromatic heterocycles. The van der Waals surface area contributed by atoms with Gasteiger partial charge in [0.1, 0.15) is 4.90 Å². The Hall–Kier alpha value is -1.31. The van der Waals surface area contributed by atoms with E-state index in [0.29, 0.717) is 18.8 Å². The minimum atomic E-state index is -3.65. The topological polar surface area (TPSA) is 69.7 Å². The fourth-order valence-electron chi connectivity index (χ4n) is 3.12. The van der Waals surface area contributed by atoms with Crippen molar-refractivity contribution in [2.45, 2.75) is 44.4 Å². The van der Waals surface area contributed by atoms with E-state index in [-0.39, 0.29) is 22.4 Å². The molecule has 26 heavy (non-hydrogen) atoms. The van der Waals surface area contributed by atoms with E-state index in [0.717, 1.165) is 25.9 Å².